The summed E-state index contributed by atoms with van der Waals surface area (Å²) in [5.41, 5.74) is 1.25. The first-order valence-electron chi connectivity index (χ1n) is 5.32. The number of benzene rings is 1. The van der Waals surface area contributed by atoms with Gasteiger partial charge in [0, 0.05) is 17.1 Å². The number of nitrogens with one attached hydrogen (secondary N) is 1. The molecule has 0 spiro atoms. The van der Waals surface area contributed by atoms with Gasteiger partial charge in [0.15, 0.2) is 0 Å². The van der Waals surface area contributed by atoms with Crippen LogP contribution < -0.4 is 5.32 Å². The Kier molecular flexibility index (Phi) is 3.70. The van der Waals surface area contributed by atoms with Crippen LogP contribution in [-0.2, 0) is 6.54 Å². The lowest BCUT2D eigenvalue weighted by Gasteiger charge is -2.33. The quantitative estimate of drug-likeness (QED) is 0.887. The van der Waals surface area contributed by atoms with E-state index in [1.165, 1.54) is 18.4 Å². The van der Waals surface area contributed by atoms with Crippen LogP contribution in [0.4, 0.5) is 0 Å². The molecule has 1 aliphatic carbocycles. The first-order chi connectivity index (χ1) is 7.15. The van der Waals surface area contributed by atoms with E-state index in [1.807, 2.05) is 12.1 Å². The molecule has 1 N–H and O–H groups in total. The molecule has 1 nitrogen and oxygen atoms in total. The fraction of sp³-hybridized carbons (Fsp3) is 0.500. The standard InChI is InChI=1S/C12H15BrClN/c1-8-4-10(5-8)15-7-9-2-3-11(13)12(14)6-9/h2-3,6,8,10,15H,4-5,7H2,1H3. The summed E-state index contributed by atoms with van der Waals surface area (Å²) < 4.78 is 0.963. The maximum absolute atomic E-state index is 6.03. The van der Waals surface area contributed by atoms with Gasteiger partial charge in [0.2, 0.25) is 0 Å². The molecular formula is C12H15BrClN. The molecule has 3 heteroatoms. The zero-order valence-corrected chi connectivity index (χ0v) is 11.1. The maximum Gasteiger partial charge on any atom is 0.0551 e. The van der Waals surface area contributed by atoms with Crippen molar-refractivity contribution >= 4 is 27.5 Å². The van der Waals surface area contributed by atoms with E-state index in [0.29, 0.717) is 6.04 Å². The molecule has 1 aromatic carbocycles. The van der Waals surface area contributed by atoms with Crippen LogP contribution in [0.1, 0.15) is 25.3 Å². The van der Waals surface area contributed by atoms with E-state index in [9.17, 15) is 0 Å². The summed E-state index contributed by atoms with van der Waals surface area (Å²) in [6.45, 7) is 3.22. The van der Waals surface area contributed by atoms with E-state index >= 15 is 0 Å². The number of rotatable bonds is 3. The van der Waals surface area contributed by atoms with Crippen molar-refractivity contribution in [3.63, 3.8) is 0 Å². The van der Waals surface area contributed by atoms with E-state index in [2.05, 4.69) is 34.2 Å². The van der Waals surface area contributed by atoms with Crippen LogP contribution in [0.15, 0.2) is 22.7 Å². The Hall–Kier alpha value is -0.0500. The third kappa shape index (κ3) is 2.96. The van der Waals surface area contributed by atoms with Crippen LogP contribution in [0.2, 0.25) is 5.02 Å². The van der Waals surface area contributed by atoms with Gasteiger partial charge in [-0.25, -0.2) is 0 Å². The molecule has 0 bridgehead atoms. The fourth-order valence-electron chi connectivity index (χ4n) is 1.98. The van der Waals surface area contributed by atoms with Crippen LogP contribution in [0, 0.1) is 5.92 Å². The molecule has 0 aliphatic heterocycles. The van der Waals surface area contributed by atoms with Gasteiger partial charge in [-0.2, -0.15) is 0 Å². The summed E-state index contributed by atoms with van der Waals surface area (Å²) in [5, 5.41) is 4.33. The Morgan fingerprint density at radius 2 is 2.20 bits per heavy atom. The van der Waals surface area contributed by atoms with E-state index in [-0.39, 0.29) is 0 Å². The van der Waals surface area contributed by atoms with Crippen LogP contribution in [0.25, 0.3) is 0 Å². The molecule has 0 saturated heterocycles. The Bertz CT molecular complexity index is 347. The Balaban J connectivity index is 1.86. The highest BCUT2D eigenvalue weighted by Crippen LogP contribution is 2.27. The van der Waals surface area contributed by atoms with E-state index in [1.54, 1.807) is 0 Å². The molecule has 15 heavy (non-hydrogen) atoms. The normalized spacial score (nSPS) is 25.0. The van der Waals surface area contributed by atoms with Gasteiger partial charge >= 0.3 is 0 Å². The lowest BCUT2D eigenvalue weighted by atomic mass is 9.82. The van der Waals surface area contributed by atoms with Gasteiger partial charge in [-0.3, -0.25) is 0 Å². The van der Waals surface area contributed by atoms with Gasteiger partial charge in [-0.1, -0.05) is 24.6 Å². The summed E-state index contributed by atoms with van der Waals surface area (Å²) in [7, 11) is 0. The van der Waals surface area contributed by atoms with E-state index in [0.717, 1.165) is 22.0 Å². The highest BCUT2D eigenvalue weighted by Gasteiger charge is 2.24. The van der Waals surface area contributed by atoms with Gasteiger partial charge in [-0.15, -0.1) is 0 Å². The van der Waals surface area contributed by atoms with Crippen molar-refractivity contribution in [1.29, 1.82) is 0 Å². The summed E-state index contributed by atoms with van der Waals surface area (Å²) in [5.74, 6) is 0.899. The summed E-state index contributed by atoms with van der Waals surface area (Å²) in [6.07, 6.45) is 2.62. The first-order valence-corrected chi connectivity index (χ1v) is 6.49. The van der Waals surface area contributed by atoms with Gasteiger partial charge < -0.3 is 5.32 Å². The molecule has 0 aromatic heterocycles. The molecule has 1 aromatic rings. The Morgan fingerprint density at radius 3 is 2.80 bits per heavy atom. The van der Waals surface area contributed by atoms with Crippen LogP contribution in [0.5, 0.6) is 0 Å². The van der Waals surface area contributed by atoms with Crippen molar-refractivity contribution in [3.05, 3.63) is 33.3 Å². The van der Waals surface area contributed by atoms with Crippen molar-refractivity contribution in [3.8, 4) is 0 Å². The lowest BCUT2D eigenvalue weighted by Crippen LogP contribution is -2.39. The van der Waals surface area contributed by atoms with Crippen molar-refractivity contribution in [2.45, 2.75) is 32.4 Å². The van der Waals surface area contributed by atoms with Gasteiger partial charge in [0.25, 0.3) is 0 Å². The third-order valence-corrected chi connectivity index (χ3v) is 4.19. The smallest absolute Gasteiger partial charge is 0.0551 e. The molecule has 0 atom stereocenters. The maximum atomic E-state index is 6.03. The minimum Gasteiger partial charge on any atom is -0.310 e. The average molecular weight is 289 g/mol. The second kappa shape index (κ2) is 4.86. The SMILES string of the molecule is CC1CC(NCc2ccc(Br)c(Cl)c2)C1. The van der Waals surface area contributed by atoms with Gasteiger partial charge in [0.1, 0.15) is 0 Å². The molecule has 1 fully saturated rings. The zero-order valence-electron chi connectivity index (χ0n) is 8.76. The average Bonchev–Trinajstić information content (AvgIpc) is 2.16. The fourth-order valence-corrected chi connectivity index (χ4v) is 2.43. The molecule has 0 unspecified atom stereocenters. The summed E-state index contributed by atoms with van der Waals surface area (Å²) >= 11 is 9.42. The lowest BCUT2D eigenvalue weighted by molar-refractivity contribution is 0.240. The second-order valence-corrected chi connectivity index (χ2v) is 5.66. The van der Waals surface area contributed by atoms with Crippen molar-refractivity contribution in [1.82, 2.24) is 5.32 Å². The molecule has 0 radical (unpaired) electrons. The summed E-state index contributed by atoms with van der Waals surface area (Å²) in [4.78, 5) is 0. The molecule has 1 aliphatic rings. The summed E-state index contributed by atoms with van der Waals surface area (Å²) in [6, 6.07) is 6.83. The third-order valence-electron chi connectivity index (χ3n) is 2.95. The molecule has 0 heterocycles. The van der Waals surface area contributed by atoms with Crippen molar-refractivity contribution < 1.29 is 0 Å². The largest absolute Gasteiger partial charge is 0.310 e. The van der Waals surface area contributed by atoms with Crippen LogP contribution >= 0.6 is 27.5 Å². The Labute approximate surface area is 104 Å². The van der Waals surface area contributed by atoms with Crippen molar-refractivity contribution in [2.75, 3.05) is 0 Å². The Morgan fingerprint density at radius 1 is 1.47 bits per heavy atom. The van der Waals surface area contributed by atoms with E-state index in [4.69, 9.17) is 11.6 Å². The molecule has 2 rings (SSSR count). The van der Waals surface area contributed by atoms with Gasteiger partial charge in [0.05, 0.1) is 5.02 Å². The van der Waals surface area contributed by atoms with E-state index < -0.39 is 0 Å². The minimum atomic E-state index is 0.711. The predicted molar refractivity (Wildman–Crippen MR) is 68.2 cm³/mol. The molecule has 0 amide bonds. The monoisotopic (exact) mass is 287 g/mol. The zero-order chi connectivity index (χ0) is 10.8. The minimum absolute atomic E-state index is 0.711. The predicted octanol–water partition coefficient (Wildman–Crippen LogP) is 3.99. The molecule has 82 valence electrons. The molecule has 1 saturated carbocycles. The van der Waals surface area contributed by atoms with Crippen LogP contribution in [-0.4, -0.2) is 6.04 Å². The highest BCUT2D eigenvalue weighted by atomic mass is 79.9. The van der Waals surface area contributed by atoms with Gasteiger partial charge in [-0.05, 0) is 52.4 Å². The number of hydrogen-bond donors (Lipinski definition) is 1. The van der Waals surface area contributed by atoms with Crippen LogP contribution in [0.3, 0.4) is 0 Å². The topological polar surface area (TPSA) is 12.0 Å². The number of hydrogen-bond acceptors (Lipinski definition) is 1. The first kappa shape index (κ1) is 11.4. The second-order valence-electron chi connectivity index (χ2n) is 4.40. The highest BCUT2D eigenvalue weighted by molar-refractivity contribution is 9.10. The number of halogens is 2. The molecular weight excluding hydrogens is 273 g/mol. The van der Waals surface area contributed by atoms with Crippen molar-refractivity contribution in [2.24, 2.45) is 5.92 Å².